The zero-order valence-electron chi connectivity index (χ0n) is 10.6. The van der Waals surface area contributed by atoms with Crippen molar-refractivity contribution in [1.29, 1.82) is 0 Å². The van der Waals surface area contributed by atoms with Crippen molar-refractivity contribution < 1.29 is 0 Å². The van der Waals surface area contributed by atoms with Gasteiger partial charge in [0.2, 0.25) is 0 Å². The van der Waals surface area contributed by atoms with Crippen molar-refractivity contribution >= 4 is 22.6 Å². The van der Waals surface area contributed by atoms with Gasteiger partial charge in [-0.2, -0.15) is 0 Å². The van der Waals surface area contributed by atoms with Crippen LogP contribution in [0.25, 0.3) is 0 Å². The van der Waals surface area contributed by atoms with Crippen LogP contribution in [0, 0.1) is 9.49 Å². The fraction of sp³-hybridized carbons (Fsp3) is 0.625. The first-order valence-electron chi connectivity index (χ1n) is 7.09. The summed E-state index contributed by atoms with van der Waals surface area (Å²) in [7, 11) is 0. The molecule has 0 aromatic heterocycles. The van der Waals surface area contributed by atoms with Gasteiger partial charge in [0.1, 0.15) is 0 Å². The number of aryl methyl sites for hydroxylation is 1. The summed E-state index contributed by atoms with van der Waals surface area (Å²) in [4.78, 5) is 0. The molecule has 1 aliphatic carbocycles. The molecule has 0 spiro atoms. The molecule has 94 valence electrons. The van der Waals surface area contributed by atoms with Gasteiger partial charge >= 0.3 is 0 Å². The fourth-order valence-electron chi connectivity index (χ4n) is 2.93. The van der Waals surface area contributed by atoms with Crippen LogP contribution in [0.1, 0.15) is 56.9 Å². The van der Waals surface area contributed by atoms with Crippen molar-refractivity contribution in [3.63, 3.8) is 0 Å². The van der Waals surface area contributed by atoms with Gasteiger partial charge in [-0.05, 0) is 59.0 Å². The third-order valence-electron chi connectivity index (χ3n) is 3.94. The fourth-order valence-corrected chi connectivity index (χ4v) is 3.54. The molecule has 1 heteroatoms. The minimum Gasteiger partial charge on any atom is -0.0609 e. The average Bonchev–Trinajstić information content (AvgIpc) is 2.36. The topological polar surface area (TPSA) is 0 Å². The molecular formula is C16H23I. The van der Waals surface area contributed by atoms with E-state index >= 15 is 0 Å². The van der Waals surface area contributed by atoms with Crippen molar-refractivity contribution in [3.8, 4) is 0 Å². The summed E-state index contributed by atoms with van der Waals surface area (Å²) in [6, 6.07) is 8.94. The van der Waals surface area contributed by atoms with Crippen LogP contribution in [0.15, 0.2) is 24.3 Å². The highest BCUT2D eigenvalue weighted by atomic mass is 127. The average molecular weight is 342 g/mol. The molecule has 0 heterocycles. The molecule has 17 heavy (non-hydrogen) atoms. The smallest absolute Gasteiger partial charge is 0.0133 e. The van der Waals surface area contributed by atoms with Gasteiger partial charge in [-0.3, -0.25) is 0 Å². The Morgan fingerprint density at radius 1 is 1.06 bits per heavy atom. The summed E-state index contributed by atoms with van der Waals surface area (Å²) in [6.07, 6.45) is 13.0. The highest BCUT2D eigenvalue weighted by molar-refractivity contribution is 14.1. The van der Waals surface area contributed by atoms with Crippen LogP contribution in [0.3, 0.4) is 0 Å². The van der Waals surface area contributed by atoms with E-state index in [-0.39, 0.29) is 0 Å². The molecule has 0 N–H and O–H groups in total. The number of halogens is 1. The molecule has 0 aliphatic heterocycles. The maximum Gasteiger partial charge on any atom is 0.0133 e. The van der Waals surface area contributed by atoms with Crippen LogP contribution in [-0.4, -0.2) is 0 Å². The second kappa shape index (κ2) is 7.40. The van der Waals surface area contributed by atoms with E-state index in [9.17, 15) is 0 Å². The van der Waals surface area contributed by atoms with Crippen LogP contribution in [0.5, 0.6) is 0 Å². The van der Waals surface area contributed by atoms with Crippen molar-refractivity contribution in [3.05, 3.63) is 33.4 Å². The van der Waals surface area contributed by atoms with Gasteiger partial charge in [0.05, 0.1) is 0 Å². The summed E-state index contributed by atoms with van der Waals surface area (Å²) >= 11 is 2.40. The molecule has 0 amide bonds. The van der Waals surface area contributed by atoms with E-state index < -0.39 is 0 Å². The number of hydrogen-bond acceptors (Lipinski definition) is 0. The lowest BCUT2D eigenvalue weighted by Crippen LogP contribution is -2.05. The Balaban J connectivity index is 1.62. The molecule has 0 atom stereocenters. The molecule has 0 bridgehead atoms. The minimum atomic E-state index is 1.06. The van der Waals surface area contributed by atoms with Crippen LogP contribution < -0.4 is 0 Å². The highest BCUT2D eigenvalue weighted by Crippen LogP contribution is 2.27. The lowest BCUT2D eigenvalue weighted by molar-refractivity contribution is 0.330. The summed E-state index contributed by atoms with van der Waals surface area (Å²) in [6.45, 7) is 0. The molecule has 0 saturated heterocycles. The molecule has 1 aliphatic rings. The van der Waals surface area contributed by atoms with E-state index in [0.29, 0.717) is 0 Å². The Labute approximate surface area is 119 Å². The first kappa shape index (κ1) is 13.4. The van der Waals surface area contributed by atoms with E-state index in [1.807, 2.05) is 0 Å². The van der Waals surface area contributed by atoms with Gasteiger partial charge in [-0.25, -0.2) is 0 Å². The lowest BCUT2D eigenvalue weighted by Gasteiger charge is -2.21. The lowest BCUT2D eigenvalue weighted by atomic mass is 9.85. The van der Waals surface area contributed by atoms with Gasteiger partial charge in [0.15, 0.2) is 0 Å². The molecular weight excluding hydrogens is 319 g/mol. The number of hydrogen-bond donors (Lipinski definition) is 0. The number of benzene rings is 1. The summed E-state index contributed by atoms with van der Waals surface area (Å²) in [5, 5.41) is 0. The van der Waals surface area contributed by atoms with Gasteiger partial charge in [0.25, 0.3) is 0 Å². The molecule has 1 saturated carbocycles. The third kappa shape index (κ3) is 4.99. The monoisotopic (exact) mass is 342 g/mol. The molecule has 0 unspecified atom stereocenters. The number of rotatable bonds is 5. The predicted octanol–water partition coefficient (Wildman–Crippen LogP) is 5.58. The predicted molar refractivity (Wildman–Crippen MR) is 83.3 cm³/mol. The molecule has 0 nitrogen and oxygen atoms in total. The summed E-state index contributed by atoms with van der Waals surface area (Å²) in [5.74, 6) is 1.06. The van der Waals surface area contributed by atoms with E-state index in [1.54, 1.807) is 0 Å². The highest BCUT2D eigenvalue weighted by Gasteiger charge is 2.12. The summed E-state index contributed by atoms with van der Waals surface area (Å²) in [5.41, 5.74) is 1.51. The number of unbranched alkanes of at least 4 members (excludes halogenated alkanes) is 1. The Kier molecular flexibility index (Phi) is 5.82. The van der Waals surface area contributed by atoms with Crippen molar-refractivity contribution in [2.45, 2.75) is 57.8 Å². The van der Waals surface area contributed by atoms with E-state index in [1.165, 1.54) is 66.9 Å². The SMILES string of the molecule is Ic1cccc(CCCCC2CCCCC2)c1. The van der Waals surface area contributed by atoms with Gasteiger partial charge in [-0.15, -0.1) is 0 Å². The van der Waals surface area contributed by atoms with E-state index in [2.05, 4.69) is 46.9 Å². The van der Waals surface area contributed by atoms with Gasteiger partial charge < -0.3 is 0 Å². The largest absolute Gasteiger partial charge is 0.0609 e. The summed E-state index contributed by atoms with van der Waals surface area (Å²) < 4.78 is 1.37. The standard InChI is InChI=1S/C16H23I/c17-16-12-6-11-15(13-16)10-5-4-9-14-7-2-1-3-8-14/h6,11-14H,1-5,7-10H2. The van der Waals surface area contributed by atoms with Crippen molar-refractivity contribution in [2.75, 3.05) is 0 Å². The Morgan fingerprint density at radius 3 is 2.65 bits per heavy atom. The molecule has 2 rings (SSSR count). The van der Waals surface area contributed by atoms with Gasteiger partial charge in [-0.1, -0.05) is 57.1 Å². The van der Waals surface area contributed by atoms with Crippen molar-refractivity contribution in [1.82, 2.24) is 0 Å². The second-order valence-electron chi connectivity index (χ2n) is 5.38. The van der Waals surface area contributed by atoms with Crippen LogP contribution in [0.4, 0.5) is 0 Å². The molecule has 0 radical (unpaired) electrons. The third-order valence-corrected chi connectivity index (χ3v) is 4.61. The van der Waals surface area contributed by atoms with Gasteiger partial charge in [0, 0.05) is 3.57 Å². The normalized spacial score (nSPS) is 17.2. The second-order valence-corrected chi connectivity index (χ2v) is 6.63. The zero-order valence-corrected chi connectivity index (χ0v) is 12.8. The first-order valence-corrected chi connectivity index (χ1v) is 8.17. The van der Waals surface area contributed by atoms with Crippen LogP contribution in [0.2, 0.25) is 0 Å². The zero-order chi connectivity index (χ0) is 11.9. The minimum absolute atomic E-state index is 1.06. The maximum atomic E-state index is 2.40. The Bertz CT molecular complexity index is 326. The van der Waals surface area contributed by atoms with Crippen LogP contribution >= 0.6 is 22.6 Å². The van der Waals surface area contributed by atoms with Crippen molar-refractivity contribution in [2.24, 2.45) is 5.92 Å². The first-order chi connectivity index (χ1) is 8.34. The van der Waals surface area contributed by atoms with Crippen LogP contribution in [-0.2, 0) is 6.42 Å². The maximum absolute atomic E-state index is 2.40. The van der Waals surface area contributed by atoms with E-state index in [0.717, 1.165) is 5.92 Å². The molecule has 1 fully saturated rings. The quantitative estimate of drug-likeness (QED) is 0.484. The Morgan fingerprint density at radius 2 is 1.88 bits per heavy atom. The Hall–Kier alpha value is -0.0500. The molecule has 1 aromatic carbocycles. The van der Waals surface area contributed by atoms with E-state index in [4.69, 9.17) is 0 Å². The molecule has 1 aromatic rings.